The van der Waals surface area contributed by atoms with Crippen LogP contribution in [0.2, 0.25) is 0 Å². The lowest BCUT2D eigenvalue weighted by atomic mass is 10.0. The summed E-state index contributed by atoms with van der Waals surface area (Å²) in [6.45, 7) is 1.95. The van der Waals surface area contributed by atoms with Gasteiger partial charge in [0.1, 0.15) is 5.75 Å². The van der Waals surface area contributed by atoms with Gasteiger partial charge in [-0.1, -0.05) is 6.92 Å². The van der Waals surface area contributed by atoms with Crippen molar-refractivity contribution in [1.82, 2.24) is 0 Å². The molecule has 16 heavy (non-hydrogen) atoms. The first kappa shape index (κ1) is 12.7. The van der Waals surface area contributed by atoms with E-state index in [1.807, 2.05) is 6.92 Å². The number of carbonyl (C=O) groups excluding carboxylic acids is 2. The maximum Gasteiger partial charge on any atom is 0.229 e. The second-order valence-electron chi connectivity index (χ2n) is 3.27. The van der Waals surface area contributed by atoms with Crippen LogP contribution in [0.3, 0.4) is 0 Å². The number of benzene rings is 1. The Labute approximate surface area is 99.4 Å². The molecule has 0 saturated heterocycles. The third-order valence-electron chi connectivity index (χ3n) is 2.30. The highest BCUT2D eigenvalue weighted by atomic mass is 35.5. The lowest BCUT2D eigenvalue weighted by molar-refractivity contribution is -0.112. The van der Waals surface area contributed by atoms with E-state index in [2.05, 4.69) is 0 Å². The van der Waals surface area contributed by atoms with Gasteiger partial charge >= 0.3 is 0 Å². The molecule has 0 aliphatic carbocycles. The van der Waals surface area contributed by atoms with Crippen molar-refractivity contribution in [3.05, 3.63) is 29.3 Å². The van der Waals surface area contributed by atoms with Crippen molar-refractivity contribution in [3.8, 4) is 5.75 Å². The van der Waals surface area contributed by atoms with Gasteiger partial charge in [-0.3, -0.25) is 9.59 Å². The molecular formula is C12H13ClO3. The maximum absolute atomic E-state index is 11.6. The SMILES string of the molecule is CCc1cc(C(=O)C(=O)CCl)ccc1OC. The van der Waals surface area contributed by atoms with Gasteiger partial charge in [-0.05, 0) is 30.2 Å². The largest absolute Gasteiger partial charge is 0.496 e. The van der Waals surface area contributed by atoms with E-state index in [1.54, 1.807) is 25.3 Å². The topological polar surface area (TPSA) is 43.4 Å². The molecule has 1 aromatic carbocycles. The minimum Gasteiger partial charge on any atom is -0.496 e. The summed E-state index contributed by atoms with van der Waals surface area (Å²) < 4.78 is 5.14. The van der Waals surface area contributed by atoms with E-state index in [0.29, 0.717) is 5.56 Å². The zero-order chi connectivity index (χ0) is 12.1. The molecule has 0 aliphatic heterocycles. The van der Waals surface area contributed by atoms with Crippen molar-refractivity contribution in [3.63, 3.8) is 0 Å². The van der Waals surface area contributed by atoms with E-state index in [1.165, 1.54) is 0 Å². The Morgan fingerprint density at radius 3 is 2.56 bits per heavy atom. The summed E-state index contributed by atoms with van der Waals surface area (Å²) in [6, 6.07) is 4.93. The van der Waals surface area contributed by atoms with Gasteiger partial charge < -0.3 is 4.74 Å². The Balaban J connectivity index is 3.08. The molecular weight excluding hydrogens is 228 g/mol. The van der Waals surface area contributed by atoms with E-state index < -0.39 is 11.6 Å². The molecule has 3 nitrogen and oxygen atoms in total. The number of Topliss-reactive ketones (excluding diaryl/α,β-unsaturated/α-hetero) is 2. The summed E-state index contributed by atoms with van der Waals surface area (Å²) in [7, 11) is 1.57. The first-order valence-corrected chi connectivity index (χ1v) is 5.47. The summed E-state index contributed by atoms with van der Waals surface area (Å²) in [5.41, 5.74) is 1.26. The average Bonchev–Trinajstić information content (AvgIpc) is 2.35. The molecule has 1 rings (SSSR count). The van der Waals surface area contributed by atoms with Crippen molar-refractivity contribution in [2.75, 3.05) is 13.0 Å². The number of hydrogen-bond acceptors (Lipinski definition) is 3. The lowest BCUT2D eigenvalue weighted by Crippen LogP contribution is -2.15. The summed E-state index contributed by atoms with van der Waals surface area (Å²) in [6.07, 6.45) is 0.735. The number of alkyl halides is 1. The molecule has 0 bridgehead atoms. The number of methoxy groups -OCH3 is 1. The van der Waals surface area contributed by atoms with Crippen molar-refractivity contribution in [1.29, 1.82) is 0 Å². The fraction of sp³-hybridized carbons (Fsp3) is 0.333. The van der Waals surface area contributed by atoms with Crippen LogP contribution in [0, 0.1) is 0 Å². The monoisotopic (exact) mass is 240 g/mol. The van der Waals surface area contributed by atoms with Crippen molar-refractivity contribution in [2.45, 2.75) is 13.3 Å². The highest BCUT2D eigenvalue weighted by molar-refractivity contribution is 6.51. The maximum atomic E-state index is 11.6. The minimum atomic E-state index is -0.589. The molecule has 0 amide bonds. The number of hydrogen-bond donors (Lipinski definition) is 0. The number of ketones is 2. The first-order valence-electron chi connectivity index (χ1n) is 4.94. The van der Waals surface area contributed by atoms with Crippen LogP contribution in [0.5, 0.6) is 5.75 Å². The molecule has 0 fully saturated rings. The van der Waals surface area contributed by atoms with E-state index in [-0.39, 0.29) is 5.88 Å². The van der Waals surface area contributed by atoms with Gasteiger partial charge in [0.05, 0.1) is 13.0 Å². The molecule has 0 aliphatic rings. The van der Waals surface area contributed by atoms with Gasteiger partial charge in [-0.2, -0.15) is 0 Å². The molecule has 0 spiro atoms. The molecule has 0 atom stereocenters. The van der Waals surface area contributed by atoms with Crippen LogP contribution >= 0.6 is 11.6 Å². The number of halogens is 1. The standard InChI is InChI=1S/C12H13ClO3/c1-3-8-6-9(4-5-11(8)16-2)12(15)10(14)7-13/h4-6H,3,7H2,1-2H3. The van der Waals surface area contributed by atoms with Gasteiger partial charge in [-0.15, -0.1) is 11.6 Å². The molecule has 0 unspecified atom stereocenters. The van der Waals surface area contributed by atoms with Gasteiger partial charge in [0.25, 0.3) is 0 Å². The van der Waals surface area contributed by atoms with E-state index in [4.69, 9.17) is 16.3 Å². The van der Waals surface area contributed by atoms with Crippen LogP contribution < -0.4 is 4.74 Å². The van der Waals surface area contributed by atoms with Crippen LogP contribution in [0.4, 0.5) is 0 Å². The Bertz CT molecular complexity index is 413. The summed E-state index contributed by atoms with van der Waals surface area (Å²) in [4.78, 5) is 22.7. The predicted octanol–water partition coefficient (Wildman–Crippen LogP) is 2.25. The minimum absolute atomic E-state index is 0.285. The van der Waals surface area contributed by atoms with E-state index in [9.17, 15) is 9.59 Å². The summed E-state index contributed by atoms with van der Waals surface area (Å²) in [5, 5.41) is 0. The zero-order valence-corrected chi connectivity index (χ0v) is 10.0. The second-order valence-corrected chi connectivity index (χ2v) is 3.53. The predicted molar refractivity (Wildman–Crippen MR) is 62.4 cm³/mol. The summed E-state index contributed by atoms with van der Waals surface area (Å²) in [5.74, 6) is -0.703. The summed E-state index contributed by atoms with van der Waals surface area (Å²) >= 11 is 5.33. The molecule has 1 aromatic rings. The quantitative estimate of drug-likeness (QED) is 0.450. The lowest BCUT2D eigenvalue weighted by Gasteiger charge is -2.07. The normalized spacial score (nSPS) is 9.94. The number of carbonyl (C=O) groups is 2. The van der Waals surface area contributed by atoms with E-state index >= 15 is 0 Å². The van der Waals surface area contributed by atoms with Crippen LogP contribution in [0.1, 0.15) is 22.8 Å². The number of rotatable bonds is 5. The van der Waals surface area contributed by atoms with Crippen LogP contribution in [0.25, 0.3) is 0 Å². The molecule has 0 heterocycles. The Morgan fingerprint density at radius 1 is 1.38 bits per heavy atom. The molecule has 0 N–H and O–H groups in total. The average molecular weight is 241 g/mol. The van der Waals surface area contributed by atoms with Crippen LogP contribution in [0.15, 0.2) is 18.2 Å². The van der Waals surface area contributed by atoms with Gasteiger partial charge in [0, 0.05) is 5.56 Å². The molecule has 0 saturated carbocycles. The number of aryl methyl sites for hydroxylation is 1. The highest BCUT2D eigenvalue weighted by Crippen LogP contribution is 2.20. The number of ether oxygens (including phenoxy) is 1. The Hall–Kier alpha value is -1.35. The van der Waals surface area contributed by atoms with Gasteiger partial charge in [-0.25, -0.2) is 0 Å². The fourth-order valence-electron chi connectivity index (χ4n) is 1.42. The fourth-order valence-corrected chi connectivity index (χ4v) is 1.54. The smallest absolute Gasteiger partial charge is 0.229 e. The van der Waals surface area contributed by atoms with Crippen molar-refractivity contribution < 1.29 is 14.3 Å². The Kier molecular flexibility index (Phi) is 4.50. The van der Waals surface area contributed by atoms with Gasteiger partial charge in [0.15, 0.2) is 0 Å². The van der Waals surface area contributed by atoms with Gasteiger partial charge in [0.2, 0.25) is 11.6 Å². The second kappa shape index (κ2) is 5.66. The van der Waals surface area contributed by atoms with Crippen LogP contribution in [-0.4, -0.2) is 24.6 Å². The van der Waals surface area contributed by atoms with Crippen LogP contribution in [-0.2, 0) is 11.2 Å². The van der Waals surface area contributed by atoms with Crippen molar-refractivity contribution in [2.24, 2.45) is 0 Å². The zero-order valence-electron chi connectivity index (χ0n) is 9.25. The van der Waals surface area contributed by atoms with E-state index in [0.717, 1.165) is 17.7 Å². The molecule has 4 heteroatoms. The first-order chi connectivity index (χ1) is 7.63. The highest BCUT2D eigenvalue weighted by Gasteiger charge is 2.16. The molecule has 0 aromatic heterocycles. The molecule has 86 valence electrons. The molecule has 0 radical (unpaired) electrons. The van der Waals surface area contributed by atoms with Crippen molar-refractivity contribution >= 4 is 23.2 Å². The third kappa shape index (κ3) is 2.61. The third-order valence-corrected chi connectivity index (χ3v) is 2.54. The Morgan fingerprint density at radius 2 is 2.06 bits per heavy atom.